The fourth-order valence-electron chi connectivity index (χ4n) is 2.78. The third kappa shape index (κ3) is 2.67. The van der Waals surface area contributed by atoms with E-state index in [1.165, 1.54) is 35.8 Å². The average molecular weight is 282 g/mol. The zero-order valence-corrected chi connectivity index (χ0v) is 11.5. The summed E-state index contributed by atoms with van der Waals surface area (Å²) in [6.07, 6.45) is 3.89. The molecule has 0 spiro atoms. The van der Waals surface area contributed by atoms with Gasteiger partial charge in [0.1, 0.15) is 0 Å². The molecular formula is C14H20BrN. The Morgan fingerprint density at radius 1 is 1.38 bits per heavy atom. The summed E-state index contributed by atoms with van der Waals surface area (Å²) in [7, 11) is 0. The van der Waals surface area contributed by atoms with Crippen LogP contribution < -0.4 is 5.32 Å². The molecule has 16 heavy (non-hydrogen) atoms. The molecule has 1 aromatic carbocycles. The molecule has 1 saturated heterocycles. The number of piperidine rings is 1. The van der Waals surface area contributed by atoms with E-state index in [-0.39, 0.29) is 0 Å². The van der Waals surface area contributed by atoms with Crippen LogP contribution in [0.3, 0.4) is 0 Å². The topological polar surface area (TPSA) is 12.0 Å². The van der Waals surface area contributed by atoms with Gasteiger partial charge in [-0.05, 0) is 49.4 Å². The molecule has 0 aromatic heterocycles. The minimum Gasteiger partial charge on any atom is -0.316 e. The Bertz CT molecular complexity index is 335. The van der Waals surface area contributed by atoms with E-state index in [0.717, 1.165) is 18.4 Å². The van der Waals surface area contributed by atoms with Crippen molar-refractivity contribution in [2.45, 2.75) is 32.1 Å². The first kappa shape index (κ1) is 12.1. The van der Waals surface area contributed by atoms with Crippen LogP contribution in [-0.2, 0) is 0 Å². The molecule has 88 valence electrons. The molecule has 1 aliphatic heterocycles. The van der Waals surface area contributed by atoms with Crippen LogP contribution >= 0.6 is 15.9 Å². The van der Waals surface area contributed by atoms with E-state index in [2.05, 4.69) is 52.4 Å². The molecule has 0 saturated carbocycles. The van der Waals surface area contributed by atoms with Crippen molar-refractivity contribution in [3.63, 3.8) is 0 Å². The predicted molar refractivity (Wildman–Crippen MR) is 72.8 cm³/mol. The minimum absolute atomic E-state index is 0.733. The zero-order valence-electron chi connectivity index (χ0n) is 9.88. The molecule has 0 amide bonds. The number of halogens is 1. The van der Waals surface area contributed by atoms with Crippen molar-refractivity contribution >= 4 is 15.9 Å². The third-order valence-electron chi connectivity index (χ3n) is 3.57. The van der Waals surface area contributed by atoms with Gasteiger partial charge in [0.15, 0.2) is 0 Å². The molecule has 1 aliphatic rings. The molecule has 1 fully saturated rings. The van der Waals surface area contributed by atoms with Gasteiger partial charge in [0.25, 0.3) is 0 Å². The van der Waals surface area contributed by atoms with E-state index in [1.807, 2.05) is 0 Å². The third-order valence-corrected chi connectivity index (χ3v) is 4.29. The van der Waals surface area contributed by atoms with Gasteiger partial charge in [-0.2, -0.15) is 0 Å². The van der Waals surface area contributed by atoms with Crippen LogP contribution in [0.25, 0.3) is 0 Å². The van der Waals surface area contributed by atoms with E-state index in [4.69, 9.17) is 0 Å². The molecule has 1 N–H and O–H groups in total. The minimum atomic E-state index is 0.733. The zero-order chi connectivity index (χ0) is 11.4. The van der Waals surface area contributed by atoms with Gasteiger partial charge in [-0.3, -0.25) is 0 Å². The van der Waals surface area contributed by atoms with Crippen LogP contribution in [0.15, 0.2) is 28.7 Å². The maximum atomic E-state index is 3.69. The van der Waals surface area contributed by atoms with Crippen molar-refractivity contribution < 1.29 is 0 Å². The molecule has 0 radical (unpaired) electrons. The predicted octanol–water partition coefficient (Wildman–Crippen LogP) is 3.94. The lowest BCUT2D eigenvalue weighted by molar-refractivity contribution is 0.306. The van der Waals surface area contributed by atoms with Crippen LogP contribution in [0.1, 0.15) is 37.7 Å². The second-order valence-electron chi connectivity index (χ2n) is 4.67. The van der Waals surface area contributed by atoms with E-state index in [0.29, 0.717) is 0 Å². The van der Waals surface area contributed by atoms with Gasteiger partial charge in [0.05, 0.1) is 0 Å². The summed E-state index contributed by atoms with van der Waals surface area (Å²) in [6, 6.07) is 8.71. The van der Waals surface area contributed by atoms with Crippen LogP contribution in [0.5, 0.6) is 0 Å². The number of hydrogen-bond donors (Lipinski definition) is 1. The van der Waals surface area contributed by atoms with Crippen LogP contribution in [0, 0.1) is 5.92 Å². The number of hydrogen-bond acceptors (Lipinski definition) is 1. The van der Waals surface area contributed by atoms with Crippen molar-refractivity contribution in [2.24, 2.45) is 5.92 Å². The Morgan fingerprint density at radius 3 is 2.94 bits per heavy atom. The molecule has 1 nitrogen and oxygen atoms in total. The van der Waals surface area contributed by atoms with Gasteiger partial charge < -0.3 is 5.32 Å². The summed E-state index contributed by atoms with van der Waals surface area (Å²) in [5.41, 5.74) is 1.50. The quantitative estimate of drug-likeness (QED) is 0.885. The van der Waals surface area contributed by atoms with Crippen molar-refractivity contribution in [1.82, 2.24) is 5.32 Å². The fraction of sp³-hybridized carbons (Fsp3) is 0.571. The summed E-state index contributed by atoms with van der Waals surface area (Å²) >= 11 is 3.69. The second kappa shape index (κ2) is 5.83. The van der Waals surface area contributed by atoms with Crippen molar-refractivity contribution in [3.05, 3.63) is 34.3 Å². The molecule has 2 heteroatoms. The standard InChI is InChI=1S/C14H20BrN/c1-2-5-11-10-16-9-8-12(11)13-6-3-4-7-14(13)15/h3-4,6-7,11-12,16H,2,5,8-10H2,1H3. The molecule has 2 unspecified atom stereocenters. The largest absolute Gasteiger partial charge is 0.316 e. The highest BCUT2D eigenvalue weighted by atomic mass is 79.9. The Kier molecular flexibility index (Phi) is 4.42. The van der Waals surface area contributed by atoms with Gasteiger partial charge in [-0.1, -0.05) is 47.5 Å². The van der Waals surface area contributed by atoms with Crippen LogP contribution in [-0.4, -0.2) is 13.1 Å². The normalized spacial score (nSPS) is 25.6. The Labute approximate surface area is 107 Å². The summed E-state index contributed by atoms with van der Waals surface area (Å²) in [5, 5.41) is 3.52. The second-order valence-corrected chi connectivity index (χ2v) is 5.52. The average Bonchev–Trinajstić information content (AvgIpc) is 2.31. The Morgan fingerprint density at radius 2 is 2.19 bits per heavy atom. The number of nitrogens with one attached hydrogen (secondary N) is 1. The van der Waals surface area contributed by atoms with E-state index in [9.17, 15) is 0 Å². The lowest BCUT2D eigenvalue weighted by Gasteiger charge is -2.33. The Hall–Kier alpha value is -0.340. The number of benzene rings is 1. The maximum absolute atomic E-state index is 3.69. The molecule has 2 rings (SSSR count). The van der Waals surface area contributed by atoms with Crippen LogP contribution in [0.2, 0.25) is 0 Å². The number of rotatable bonds is 3. The summed E-state index contributed by atoms with van der Waals surface area (Å²) in [6.45, 7) is 4.62. The summed E-state index contributed by atoms with van der Waals surface area (Å²) in [4.78, 5) is 0. The molecular weight excluding hydrogens is 262 g/mol. The first-order valence-corrected chi connectivity index (χ1v) is 7.07. The molecule has 0 aliphatic carbocycles. The monoisotopic (exact) mass is 281 g/mol. The first-order valence-electron chi connectivity index (χ1n) is 6.28. The van der Waals surface area contributed by atoms with Gasteiger partial charge in [0, 0.05) is 4.47 Å². The summed E-state index contributed by atoms with van der Waals surface area (Å²) < 4.78 is 1.28. The van der Waals surface area contributed by atoms with Gasteiger partial charge in [-0.25, -0.2) is 0 Å². The highest BCUT2D eigenvalue weighted by Gasteiger charge is 2.26. The van der Waals surface area contributed by atoms with Crippen LogP contribution in [0.4, 0.5) is 0 Å². The lowest BCUT2D eigenvalue weighted by atomic mass is 9.79. The van der Waals surface area contributed by atoms with Crippen molar-refractivity contribution in [2.75, 3.05) is 13.1 Å². The van der Waals surface area contributed by atoms with Gasteiger partial charge in [0.2, 0.25) is 0 Å². The van der Waals surface area contributed by atoms with Gasteiger partial charge in [-0.15, -0.1) is 0 Å². The van der Waals surface area contributed by atoms with E-state index in [1.54, 1.807) is 0 Å². The van der Waals surface area contributed by atoms with E-state index >= 15 is 0 Å². The molecule has 1 heterocycles. The SMILES string of the molecule is CCCC1CNCCC1c1ccccc1Br. The summed E-state index contributed by atoms with van der Waals surface area (Å²) in [5.74, 6) is 1.54. The van der Waals surface area contributed by atoms with E-state index < -0.39 is 0 Å². The van der Waals surface area contributed by atoms with Crippen molar-refractivity contribution in [1.29, 1.82) is 0 Å². The highest BCUT2D eigenvalue weighted by Crippen LogP contribution is 2.36. The molecule has 2 atom stereocenters. The first-order chi connectivity index (χ1) is 7.83. The Balaban J connectivity index is 2.19. The van der Waals surface area contributed by atoms with Crippen molar-refractivity contribution in [3.8, 4) is 0 Å². The van der Waals surface area contributed by atoms with Gasteiger partial charge >= 0.3 is 0 Å². The molecule has 1 aromatic rings. The smallest absolute Gasteiger partial charge is 0.0210 e. The highest BCUT2D eigenvalue weighted by molar-refractivity contribution is 9.10. The maximum Gasteiger partial charge on any atom is 0.0210 e. The lowest BCUT2D eigenvalue weighted by Crippen LogP contribution is -2.35. The fourth-order valence-corrected chi connectivity index (χ4v) is 3.36. The molecule has 0 bridgehead atoms.